The van der Waals surface area contributed by atoms with Gasteiger partial charge in [-0.3, -0.25) is 19.4 Å². The number of carboxylic acids is 1. The number of aliphatic carboxylic acids is 1. The molecule has 0 aromatic heterocycles. The number of rotatable bonds is 8. The molecule has 0 spiro atoms. The Labute approximate surface area is 275 Å². The molecule has 9 nitrogen and oxygen atoms in total. The zero-order valence-corrected chi connectivity index (χ0v) is 29.8. The van der Waals surface area contributed by atoms with E-state index in [1.165, 1.54) is 6.92 Å². The predicted molar refractivity (Wildman–Crippen MR) is 176 cm³/mol. The van der Waals surface area contributed by atoms with E-state index >= 15 is 0 Å². The largest absolute Gasteiger partial charge is 0.481 e. The summed E-state index contributed by atoms with van der Waals surface area (Å²) in [5.41, 5.74) is 3.81. The first-order valence-electron chi connectivity index (χ1n) is 17.5. The van der Waals surface area contributed by atoms with E-state index in [9.17, 15) is 19.5 Å². The number of ketones is 1. The number of hydrogen-bond acceptors (Lipinski definition) is 7. The van der Waals surface area contributed by atoms with Gasteiger partial charge in [0.15, 0.2) is 5.78 Å². The van der Waals surface area contributed by atoms with E-state index in [2.05, 4.69) is 46.5 Å². The molecule has 4 aliphatic carbocycles. The van der Waals surface area contributed by atoms with Crippen molar-refractivity contribution < 1.29 is 33.7 Å². The Bertz CT molecular complexity index is 1320. The fraction of sp³-hybridized carbons (Fsp3) is 0.838. The average molecular weight is 643 g/mol. The molecule has 0 radical (unpaired) electrons. The lowest BCUT2D eigenvalue weighted by Crippen LogP contribution is -2.71. The van der Waals surface area contributed by atoms with Crippen LogP contribution in [-0.2, 0) is 28.6 Å². The third-order valence-electron chi connectivity index (χ3n) is 14.2. The van der Waals surface area contributed by atoms with E-state index in [4.69, 9.17) is 19.9 Å². The molecule has 1 saturated heterocycles. The van der Waals surface area contributed by atoms with Crippen molar-refractivity contribution in [1.29, 1.82) is 0 Å². The second-order valence-corrected chi connectivity index (χ2v) is 17.0. The molecule has 2 bridgehead atoms. The second kappa shape index (κ2) is 11.7. The topological polar surface area (TPSA) is 138 Å². The Morgan fingerprint density at radius 2 is 1.76 bits per heavy atom. The predicted octanol–water partition coefficient (Wildman–Crippen LogP) is 5.84. The summed E-state index contributed by atoms with van der Waals surface area (Å²) in [6, 6.07) is -0.160. The molecule has 0 aromatic carbocycles. The maximum Gasteiger partial charge on any atom is 0.308 e. The van der Waals surface area contributed by atoms with Gasteiger partial charge >= 0.3 is 11.9 Å². The highest BCUT2D eigenvalue weighted by Crippen LogP contribution is 2.74. The number of carboxylic acid groups (broad SMARTS) is 1. The molecule has 1 unspecified atom stereocenters. The molecular formula is C37H58N2O7. The second-order valence-electron chi connectivity index (χ2n) is 17.0. The van der Waals surface area contributed by atoms with Crippen molar-refractivity contribution in [3.8, 4) is 0 Å². The summed E-state index contributed by atoms with van der Waals surface area (Å²) < 4.78 is 19.2. The Kier molecular flexibility index (Phi) is 8.93. The normalized spacial score (nSPS) is 45.1. The van der Waals surface area contributed by atoms with Gasteiger partial charge in [0.1, 0.15) is 12.2 Å². The standard InChI is InChI=1S/C37H58N2O7/c1-20(2)22(4)33(7)13-14-35(9)25-11-12-28-34(8)18-44-19-37(28,26(25)15-29(41)36(35,10)30(33)32(42)43)16-27(46-24(6)40)31(34)45-17-21(3)39-23(5)38/h15,20-22,25,27-28,30-31H,11-14,16-19H2,1-10H3,(H2,38,39)(H,42,43)/t21?,22-,25+,27-,28+,30-,31+,33-,34-,35-,36+,37+/m1/s1. The summed E-state index contributed by atoms with van der Waals surface area (Å²) in [7, 11) is 0. The number of carbonyl (C=O) groups is 3. The molecule has 9 heteroatoms. The number of nitrogens with zero attached hydrogens (tertiary/aromatic N) is 1. The molecule has 3 saturated carbocycles. The minimum absolute atomic E-state index is 0.0236. The van der Waals surface area contributed by atoms with E-state index in [0.29, 0.717) is 38.0 Å². The van der Waals surface area contributed by atoms with Gasteiger partial charge in [0.2, 0.25) is 0 Å². The lowest BCUT2D eigenvalue weighted by Gasteiger charge is -2.70. The quantitative estimate of drug-likeness (QED) is 0.192. The van der Waals surface area contributed by atoms with Crippen LogP contribution in [0.25, 0.3) is 0 Å². The molecule has 46 heavy (non-hydrogen) atoms. The lowest BCUT2D eigenvalue weighted by atomic mass is 9.34. The molecule has 5 rings (SSSR count). The molecule has 0 amide bonds. The Morgan fingerprint density at radius 3 is 2.35 bits per heavy atom. The van der Waals surface area contributed by atoms with Gasteiger partial charge in [-0.15, -0.1) is 0 Å². The summed E-state index contributed by atoms with van der Waals surface area (Å²) in [5, 5.41) is 10.9. The first-order valence-corrected chi connectivity index (χ1v) is 17.5. The van der Waals surface area contributed by atoms with Crippen molar-refractivity contribution in [3.05, 3.63) is 11.6 Å². The van der Waals surface area contributed by atoms with Crippen molar-refractivity contribution in [1.82, 2.24) is 0 Å². The molecule has 0 aromatic rings. The van der Waals surface area contributed by atoms with Crippen molar-refractivity contribution in [3.63, 3.8) is 0 Å². The number of nitrogens with two attached hydrogens (primary N) is 1. The van der Waals surface area contributed by atoms with Crippen molar-refractivity contribution in [2.45, 2.75) is 120 Å². The van der Waals surface area contributed by atoms with Gasteiger partial charge < -0.3 is 25.1 Å². The maximum atomic E-state index is 14.8. The number of carbonyl (C=O) groups excluding carboxylic acids is 2. The van der Waals surface area contributed by atoms with E-state index in [1.54, 1.807) is 6.92 Å². The van der Waals surface area contributed by atoms with Crippen molar-refractivity contribution >= 4 is 23.6 Å². The van der Waals surface area contributed by atoms with Crippen LogP contribution >= 0.6 is 0 Å². The third-order valence-corrected chi connectivity index (χ3v) is 14.2. The number of allylic oxidation sites excluding steroid dienone is 1. The Hall–Kier alpha value is -2.26. The van der Waals surface area contributed by atoms with Crippen LogP contribution in [0.3, 0.4) is 0 Å². The van der Waals surface area contributed by atoms with Gasteiger partial charge in [0.05, 0.1) is 37.6 Å². The Balaban J connectivity index is 1.60. The molecule has 258 valence electrons. The van der Waals surface area contributed by atoms with E-state index in [1.807, 2.05) is 19.9 Å². The first kappa shape index (κ1) is 35.1. The van der Waals surface area contributed by atoms with Gasteiger partial charge in [0.25, 0.3) is 0 Å². The lowest BCUT2D eigenvalue weighted by molar-refractivity contribution is -0.266. The van der Waals surface area contributed by atoms with Crippen LogP contribution in [-0.4, -0.2) is 66.7 Å². The van der Waals surface area contributed by atoms with Crippen LogP contribution in [0.5, 0.6) is 0 Å². The average Bonchev–Trinajstić information content (AvgIpc) is 2.93. The molecule has 5 aliphatic rings. The van der Waals surface area contributed by atoms with Gasteiger partial charge in [-0.25, -0.2) is 0 Å². The van der Waals surface area contributed by atoms with Crippen LogP contribution in [0, 0.1) is 56.7 Å². The minimum atomic E-state index is -1.06. The van der Waals surface area contributed by atoms with E-state index < -0.39 is 51.2 Å². The summed E-state index contributed by atoms with van der Waals surface area (Å²) in [6.07, 6.45) is 4.71. The molecule has 3 N–H and O–H groups in total. The number of aliphatic imine (C=N–C) groups is 1. The fourth-order valence-corrected chi connectivity index (χ4v) is 11.6. The molecule has 12 atom stereocenters. The monoisotopic (exact) mass is 642 g/mol. The number of esters is 1. The van der Waals surface area contributed by atoms with Crippen LogP contribution in [0.4, 0.5) is 0 Å². The highest BCUT2D eigenvalue weighted by Gasteiger charge is 2.74. The fourth-order valence-electron chi connectivity index (χ4n) is 11.6. The smallest absolute Gasteiger partial charge is 0.308 e. The van der Waals surface area contributed by atoms with Gasteiger partial charge in [-0.1, -0.05) is 54.0 Å². The van der Waals surface area contributed by atoms with Gasteiger partial charge in [0, 0.05) is 23.2 Å². The molecule has 4 fully saturated rings. The zero-order valence-electron chi connectivity index (χ0n) is 29.8. The summed E-state index contributed by atoms with van der Waals surface area (Å²) in [5.74, 6) is -1.03. The first-order chi connectivity index (χ1) is 21.3. The number of ether oxygens (including phenoxy) is 3. The van der Waals surface area contributed by atoms with Gasteiger partial charge in [-0.05, 0) is 86.5 Å². The summed E-state index contributed by atoms with van der Waals surface area (Å²) >= 11 is 0. The maximum absolute atomic E-state index is 14.8. The third kappa shape index (κ3) is 4.91. The summed E-state index contributed by atoms with van der Waals surface area (Å²) in [4.78, 5) is 45.1. The van der Waals surface area contributed by atoms with Crippen LogP contribution in [0.2, 0.25) is 0 Å². The number of hydrogen-bond donors (Lipinski definition) is 2. The SMILES string of the molecule is CC(=O)O[C@@H]1C[C@@]23COC[C@](C)([C@@H]2CC[C@H]2C3=CC(=O)[C@@]3(C)[C@H](C(=O)O)[C@@](C)([C@H](C)C(C)C)CC[C@]23C)[C@H]1OCC(C)N=C(C)N. The van der Waals surface area contributed by atoms with E-state index in [0.717, 1.165) is 31.3 Å². The number of amidine groups is 1. The molecular weight excluding hydrogens is 584 g/mol. The summed E-state index contributed by atoms with van der Waals surface area (Å²) in [6.45, 7) is 21.3. The zero-order chi connectivity index (χ0) is 34.2. The van der Waals surface area contributed by atoms with Crippen LogP contribution in [0.15, 0.2) is 16.6 Å². The Morgan fingerprint density at radius 1 is 1.09 bits per heavy atom. The van der Waals surface area contributed by atoms with Crippen LogP contribution in [0.1, 0.15) is 101 Å². The molecule has 1 heterocycles. The highest BCUT2D eigenvalue weighted by molar-refractivity contribution is 6.00. The van der Waals surface area contributed by atoms with Gasteiger partial charge in [-0.2, -0.15) is 0 Å². The highest BCUT2D eigenvalue weighted by atomic mass is 16.6. The van der Waals surface area contributed by atoms with Crippen molar-refractivity contribution in [2.24, 2.45) is 67.4 Å². The van der Waals surface area contributed by atoms with Crippen molar-refractivity contribution in [2.75, 3.05) is 19.8 Å². The van der Waals surface area contributed by atoms with Crippen LogP contribution < -0.4 is 5.73 Å². The van der Waals surface area contributed by atoms with E-state index in [-0.39, 0.29) is 35.5 Å². The number of fused-ring (bicyclic) bond motifs is 3. The molecule has 1 aliphatic heterocycles. The minimum Gasteiger partial charge on any atom is -0.481 e.